The topological polar surface area (TPSA) is 115 Å². The number of aliphatic hydroxyl groups is 1. The molecule has 0 aliphatic carbocycles. The summed E-state index contributed by atoms with van der Waals surface area (Å²) in [7, 11) is 0. The number of nitrogens with zero attached hydrogens (tertiary/aromatic N) is 6. The van der Waals surface area contributed by atoms with Gasteiger partial charge >= 0.3 is 0 Å². The van der Waals surface area contributed by atoms with Gasteiger partial charge in [-0.1, -0.05) is 29.8 Å². The first-order valence-corrected chi connectivity index (χ1v) is 10.3. The van der Waals surface area contributed by atoms with Gasteiger partial charge in [0.05, 0.1) is 22.9 Å². The molecule has 31 heavy (non-hydrogen) atoms. The molecule has 158 valence electrons. The zero-order valence-corrected chi connectivity index (χ0v) is 17.4. The van der Waals surface area contributed by atoms with Crippen molar-refractivity contribution in [1.29, 1.82) is 0 Å². The molecule has 0 bridgehead atoms. The fraction of sp³-hybridized carbons (Fsp3) is 0.238. The Balaban J connectivity index is 1.71. The van der Waals surface area contributed by atoms with Crippen molar-refractivity contribution < 1.29 is 5.11 Å². The van der Waals surface area contributed by atoms with Crippen LogP contribution >= 0.6 is 11.6 Å². The minimum absolute atomic E-state index is 0.117. The Bertz CT molecular complexity index is 1330. The Morgan fingerprint density at radius 1 is 1.26 bits per heavy atom. The number of nitrogens with two attached hydrogens (primary N) is 1. The second-order valence-electron chi connectivity index (χ2n) is 7.47. The summed E-state index contributed by atoms with van der Waals surface area (Å²) in [5, 5.41) is 15.3. The first-order valence-electron chi connectivity index (χ1n) is 9.88. The number of rotatable bonds is 4. The van der Waals surface area contributed by atoms with Crippen LogP contribution in [0.5, 0.6) is 0 Å². The van der Waals surface area contributed by atoms with Gasteiger partial charge in [-0.25, -0.2) is 9.50 Å². The van der Waals surface area contributed by atoms with Crippen LogP contribution in [-0.2, 0) is 0 Å². The first-order chi connectivity index (χ1) is 15.0. The zero-order chi connectivity index (χ0) is 21.7. The SMILES string of the molecule is CC(O)c1cnc(N)nc1N1CC[C@H]1c1nn2ccc(Cl)c2c(=O)n1-c1ccccc1. The molecule has 3 aromatic heterocycles. The van der Waals surface area contributed by atoms with E-state index in [4.69, 9.17) is 22.4 Å². The molecule has 1 aliphatic rings. The van der Waals surface area contributed by atoms with Gasteiger partial charge in [0.1, 0.15) is 11.3 Å². The highest BCUT2D eigenvalue weighted by molar-refractivity contribution is 6.33. The second kappa shape index (κ2) is 7.36. The number of aromatic nitrogens is 5. The van der Waals surface area contributed by atoms with E-state index in [-0.39, 0.29) is 17.5 Å². The summed E-state index contributed by atoms with van der Waals surface area (Å²) in [5.74, 6) is 1.21. The van der Waals surface area contributed by atoms with Gasteiger partial charge in [-0.3, -0.25) is 9.36 Å². The summed E-state index contributed by atoms with van der Waals surface area (Å²) in [6.07, 6.45) is 3.19. The van der Waals surface area contributed by atoms with Gasteiger partial charge in [0.2, 0.25) is 5.95 Å². The summed E-state index contributed by atoms with van der Waals surface area (Å²) >= 11 is 6.27. The molecule has 0 spiro atoms. The number of anilines is 2. The largest absolute Gasteiger partial charge is 0.389 e. The number of aliphatic hydroxyl groups excluding tert-OH is 1. The van der Waals surface area contributed by atoms with Gasteiger partial charge in [0.15, 0.2) is 5.82 Å². The molecule has 1 aromatic carbocycles. The van der Waals surface area contributed by atoms with Gasteiger partial charge in [-0.15, -0.1) is 0 Å². The molecule has 4 aromatic rings. The number of hydrogen-bond donors (Lipinski definition) is 2. The lowest BCUT2D eigenvalue weighted by Gasteiger charge is -2.42. The van der Waals surface area contributed by atoms with Crippen molar-refractivity contribution in [3.05, 3.63) is 75.6 Å². The Hall–Kier alpha value is -3.43. The van der Waals surface area contributed by atoms with Crippen molar-refractivity contribution >= 4 is 28.9 Å². The number of fused-ring (bicyclic) bond motifs is 1. The maximum atomic E-state index is 13.5. The molecule has 0 radical (unpaired) electrons. The smallest absolute Gasteiger partial charge is 0.284 e. The number of benzene rings is 1. The lowest BCUT2D eigenvalue weighted by molar-refractivity contribution is 0.198. The monoisotopic (exact) mass is 437 g/mol. The van der Waals surface area contributed by atoms with E-state index in [1.807, 2.05) is 35.2 Å². The predicted octanol–water partition coefficient (Wildman–Crippen LogP) is 2.52. The fourth-order valence-corrected chi connectivity index (χ4v) is 4.14. The highest BCUT2D eigenvalue weighted by atomic mass is 35.5. The molecular weight excluding hydrogens is 418 g/mol. The molecule has 3 N–H and O–H groups in total. The van der Waals surface area contributed by atoms with E-state index in [0.717, 1.165) is 6.42 Å². The van der Waals surface area contributed by atoms with E-state index in [1.54, 1.807) is 23.8 Å². The molecule has 10 heteroatoms. The van der Waals surface area contributed by atoms with Crippen molar-refractivity contribution in [3.63, 3.8) is 0 Å². The molecule has 1 fully saturated rings. The number of nitrogen functional groups attached to an aromatic ring is 1. The lowest BCUT2D eigenvalue weighted by Crippen LogP contribution is -2.45. The van der Waals surface area contributed by atoms with Crippen LogP contribution in [-0.4, -0.2) is 35.8 Å². The molecule has 1 saturated heterocycles. The molecule has 1 aliphatic heterocycles. The maximum absolute atomic E-state index is 13.5. The molecule has 0 saturated carbocycles. The van der Waals surface area contributed by atoms with Gasteiger partial charge in [0.25, 0.3) is 5.56 Å². The summed E-state index contributed by atoms with van der Waals surface area (Å²) < 4.78 is 3.10. The van der Waals surface area contributed by atoms with Gasteiger partial charge < -0.3 is 15.7 Å². The van der Waals surface area contributed by atoms with Crippen LogP contribution in [0.2, 0.25) is 5.02 Å². The van der Waals surface area contributed by atoms with Gasteiger partial charge in [-0.05, 0) is 31.5 Å². The van der Waals surface area contributed by atoms with Crippen LogP contribution < -0.4 is 16.2 Å². The van der Waals surface area contributed by atoms with Crippen LogP contribution in [0.1, 0.15) is 36.9 Å². The Labute approximate surface area is 182 Å². The summed E-state index contributed by atoms with van der Waals surface area (Å²) in [4.78, 5) is 23.8. The molecular formula is C21H20ClN7O2. The highest BCUT2D eigenvalue weighted by Crippen LogP contribution is 2.39. The Kier molecular flexibility index (Phi) is 4.64. The quantitative estimate of drug-likeness (QED) is 0.504. The summed E-state index contributed by atoms with van der Waals surface area (Å²) in [5.41, 5.74) is 7.15. The van der Waals surface area contributed by atoms with Crippen molar-refractivity contribution in [2.24, 2.45) is 0 Å². The second-order valence-corrected chi connectivity index (χ2v) is 7.88. The van der Waals surface area contributed by atoms with E-state index in [1.165, 1.54) is 10.7 Å². The van der Waals surface area contributed by atoms with Crippen LogP contribution in [0.25, 0.3) is 11.2 Å². The lowest BCUT2D eigenvalue weighted by atomic mass is 10.00. The minimum Gasteiger partial charge on any atom is -0.389 e. The molecule has 4 heterocycles. The van der Waals surface area contributed by atoms with Crippen LogP contribution in [0, 0.1) is 0 Å². The standard InChI is InChI=1S/C21H20ClN7O2/c1-12(30)14-11-24-21(23)25-18(14)27-9-8-16(27)19-26-28-10-7-15(22)17(28)20(31)29(19)13-5-3-2-4-6-13/h2-7,10-12,16,30H,8-9H2,1H3,(H2,23,24,25)/t12?,16-/m0/s1. The number of halogens is 1. The summed E-state index contributed by atoms with van der Waals surface area (Å²) in [6, 6.07) is 10.7. The molecule has 9 nitrogen and oxygen atoms in total. The van der Waals surface area contributed by atoms with Crippen molar-refractivity contribution in [3.8, 4) is 5.69 Å². The first kappa shape index (κ1) is 19.5. The van der Waals surface area contributed by atoms with Crippen molar-refractivity contribution in [2.75, 3.05) is 17.2 Å². The normalized spacial score (nSPS) is 17.0. The van der Waals surface area contributed by atoms with E-state index in [2.05, 4.69) is 9.97 Å². The van der Waals surface area contributed by atoms with Crippen LogP contribution in [0.3, 0.4) is 0 Å². The van der Waals surface area contributed by atoms with E-state index in [0.29, 0.717) is 40.0 Å². The average Bonchev–Trinajstić information content (AvgIpc) is 3.09. The molecule has 2 atom stereocenters. The third-order valence-corrected chi connectivity index (χ3v) is 5.84. The third kappa shape index (κ3) is 3.13. The maximum Gasteiger partial charge on any atom is 0.284 e. The molecule has 5 rings (SSSR count). The highest BCUT2D eigenvalue weighted by Gasteiger charge is 2.37. The van der Waals surface area contributed by atoms with E-state index >= 15 is 0 Å². The third-order valence-electron chi connectivity index (χ3n) is 5.53. The molecule has 1 unspecified atom stereocenters. The van der Waals surface area contributed by atoms with Crippen LogP contribution in [0.15, 0.2) is 53.6 Å². The molecule has 0 amide bonds. The minimum atomic E-state index is -0.771. The Morgan fingerprint density at radius 3 is 2.71 bits per heavy atom. The zero-order valence-electron chi connectivity index (χ0n) is 16.7. The van der Waals surface area contributed by atoms with Gasteiger partial charge in [0, 0.05) is 24.5 Å². The average molecular weight is 438 g/mol. The number of para-hydroxylation sites is 1. The number of hydrogen-bond acceptors (Lipinski definition) is 7. The van der Waals surface area contributed by atoms with Crippen molar-refractivity contribution in [1.82, 2.24) is 24.1 Å². The van der Waals surface area contributed by atoms with Crippen molar-refractivity contribution in [2.45, 2.75) is 25.5 Å². The van der Waals surface area contributed by atoms with Gasteiger partial charge in [-0.2, -0.15) is 10.1 Å². The van der Waals surface area contributed by atoms with E-state index in [9.17, 15) is 9.90 Å². The predicted molar refractivity (Wildman–Crippen MR) is 118 cm³/mol. The Morgan fingerprint density at radius 2 is 2.03 bits per heavy atom. The van der Waals surface area contributed by atoms with E-state index < -0.39 is 6.10 Å². The van der Waals surface area contributed by atoms with Crippen LogP contribution in [0.4, 0.5) is 11.8 Å². The fourth-order valence-electron chi connectivity index (χ4n) is 3.92. The summed E-state index contributed by atoms with van der Waals surface area (Å²) in [6.45, 7) is 2.33.